The summed E-state index contributed by atoms with van der Waals surface area (Å²) in [4.78, 5) is 34.2. The summed E-state index contributed by atoms with van der Waals surface area (Å²) in [5, 5.41) is 10.7. The molecule has 2 amide bonds. The van der Waals surface area contributed by atoms with Crippen molar-refractivity contribution >= 4 is 22.8 Å². The molecule has 176 valence electrons. The number of hydrogen-bond acceptors (Lipinski definition) is 5. The lowest BCUT2D eigenvalue weighted by atomic mass is 10.0. The molecule has 2 saturated heterocycles. The number of carbonyl (C=O) groups excluding carboxylic acids is 2. The molecule has 8 nitrogen and oxygen atoms in total. The molecule has 0 bridgehead atoms. The van der Waals surface area contributed by atoms with Gasteiger partial charge >= 0.3 is 0 Å². The molecule has 2 aliphatic heterocycles. The van der Waals surface area contributed by atoms with Gasteiger partial charge in [-0.05, 0) is 42.3 Å². The molecule has 2 aliphatic rings. The Morgan fingerprint density at radius 3 is 2.34 bits per heavy atom. The SMILES string of the molecule is O=C(CCc1ccc(-c2ccccn2)cc1)N1C[C@@H]2CN(C(=O)c3ccc4n[nH]nc4c3)C[C@H]2C1. The van der Waals surface area contributed by atoms with Crippen molar-refractivity contribution < 1.29 is 9.59 Å². The summed E-state index contributed by atoms with van der Waals surface area (Å²) in [7, 11) is 0. The van der Waals surface area contributed by atoms with Gasteiger partial charge in [-0.15, -0.1) is 0 Å². The molecule has 4 aromatic rings. The van der Waals surface area contributed by atoms with Gasteiger partial charge in [-0.2, -0.15) is 15.4 Å². The van der Waals surface area contributed by atoms with Crippen LogP contribution in [0.1, 0.15) is 22.3 Å². The first-order chi connectivity index (χ1) is 17.1. The monoisotopic (exact) mass is 466 g/mol. The molecular weight excluding hydrogens is 440 g/mol. The largest absolute Gasteiger partial charge is 0.342 e. The number of aryl methyl sites for hydroxylation is 1. The van der Waals surface area contributed by atoms with Gasteiger partial charge in [0.15, 0.2) is 0 Å². The van der Waals surface area contributed by atoms with Gasteiger partial charge < -0.3 is 9.80 Å². The van der Waals surface area contributed by atoms with Crippen molar-refractivity contribution in [2.45, 2.75) is 12.8 Å². The second kappa shape index (κ2) is 8.94. The van der Waals surface area contributed by atoms with E-state index in [0.29, 0.717) is 42.4 Å². The molecule has 2 aromatic carbocycles. The number of amides is 2. The number of nitrogens with one attached hydrogen (secondary N) is 1. The maximum Gasteiger partial charge on any atom is 0.253 e. The van der Waals surface area contributed by atoms with Crippen molar-refractivity contribution in [2.75, 3.05) is 26.2 Å². The highest BCUT2D eigenvalue weighted by Crippen LogP contribution is 2.32. The third kappa shape index (κ3) is 4.27. The molecule has 0 spiro atoms. The van der Waals surface area contributed by atoms with Crippen molar-refractivity contribution in [3.8, 4) is 11.3 Å². The van der Waals surface area contributed by atoms with Crippen LogP contribution >= 0.6 is 0 Å². The van der Waals surface area contributed by atoms with E-state index >= 15 is 0 Å². The summed E-state index contributed by atoms with van der Waals surface area (Å²) in [6.07, 6.45) is 3.02. The van der Waals surface area contributed by atoms with Gasteiger partial charge in [-0.25, -0.2) is 0 Å². The number of carbonyl (C=O) groups is 2. The van der Waals surface area contributed by atoms with Crippen LogP contribution in [0, 0.1) is 11.8 Å². The number of aromatic nitrogens is 4. The Hall–Kier alpha value is -4.07. The average molecular weight is 467 g/mol. The molecule has 0 aliphatic carbocycles. The zero-order chi connectivity index (χ0) is 23.8. The molecule has 0 unspecified atom stereocenters. The van der Waals surface area contributed by atoms with Gasteiger partial charge in [-0.1, -0.05) is 30.3 Å². The molecule has 1 N–H and O–H groups in total. The smallest absolute Gasteiger partial charge is 0.253 e. The van der Waals surface area contributed by atoms with Crippen LogP contribution in [-0.4, -0.2) is 68.2 Å². The molecule has 8 heteroatoms. The first-order valence-corrected chi connectivity index (χ1v) is 12.0. The summed E-state index contributed by atoms with van der Waals surface area (Å²) in [5.74, 6) is 0.909. The predicted molar refractivity (Wildman–Crippen MR) is 131 cm³/mol. The summed E-state index contributed by atoms with van der Waals surface area (Å²) in [6, 6.07) is 19.6. The highest BCUT2D eigenvalue weighted by Gasteiger charge is 2.42. The predicted octanol–water partition coefficient (Wildman–Crippen LogP) is 3.18. The van der Waals surface area contributed by atoms with Crippen LogP contribution in [0.25, 0.3) is 22.3 Å². The van der Waals surface area contributed by atoms with Crippen molar-refractivity contribution in [3.63, 3.8) is 0 Å². The second-order valence-corrected chi connectivity index (χ2v) is 9.47. The van der Waals surface area contributed by atoms with E-state index in [-0.39, 0.29) is 11.8 Å². The Morgan fingerprint density at radius 1 is 0.857 bits per heavy atom. The molecule has 0 radical (unpaired) electrons. The van der Waals surface area contributed by atoms with E-state index in [9.17, 15) is 9.59 Å². The van der Waals surface area contributed by atoms with Gasteiger partial charge in [0.1, 0.15) is 11.0 Å². The molecule has 6 rings (SSSR count). The normalized spacial score (nSPS) is 19.3. The summed E-state index contributed by atoms with van der Waals surface area (Å²) < 4.78 is 0. The minimum atomic E-state index is 0.0244. The van der Waals surface area contributed by atoms with E-state index < -0.39 is 0 Å². The molecule has 4 heterocycles. The average Bonchev–Trinajstić information content (AvgIpc) is 3.62. The molecule has 2 fully saturated rings. The lowest BCUT2D eigenvalue weighted by molar-refractivity contribution is -0.130. The van der Waals surface area contributed by atoms with Crippen LogP contribution < -0.4 is 0 Å². The maximum absolute atomic E-state index is 13.0. The highest BCUT2D eigenvalue weighted by molar-refractivity contribution is 5.97. The standard InChI is InChI=1S/C27H26N6O2/c34-26(11-6-18-4-7-19(8-5-18)23-3-1-2-12-28-23)32-14-21-16-33(17-22(21)15-32)27(35)20-9-10-24-25(13-20)30-31-29-24/h1-5,7-10,12-13,21-22H,6,11,14-17H2,(H,29,30,31)/t21-,22-/m1/s1. The number of pyridine rings is 1. The van der Waals surface area contributed by atoms with E-state index in [2.05, 4.69) is 44.7 Å². The number of aromatic amines is 1. The zero-order valence-electron chi connectivity index (χ0n) is 19.3. The third-order valence-electron chi connectivity index (χ3n) is 7.23. The van der Waals surface area contributed by atoms with Crippen LogP contribution in [0.4, 0.5) is 0 Å². The Labute approximate surface area is 203 Å². The minimum absolute atomic E-state index is 0.0244. The van der Waals surface area contributed by atoms with Crippen molar-refractivity contribution in [2.24, 2.45) is 11.8 Å². The number of hydrogen-bond donors (Lipinski definition) is 1. The fraction of sp³-hybridized carbons (Fsp3) is 0.296. The quantitative estimate of drug-likeness (QED) is 0.487. The second-order valence-electron chi connectivity index (χ2n) is 9.47. The van der Waals surface area contributed by atoms with Crippen molar-refractivity contribution in [3.05, 3.63) is 78.0 Å². The van der Waals surface area contributed by atoms with E-state index in [1.165, 1.54) is 0 Å². The number of rotatable bonds is 5. The number of likely N-dealkylation sites (tertiary alicyclic amines) is 2. The van der Waals surface area contributed by atoms with Crippen LogP contribution in [0.3, 0.4) is 0 Å². The Morgan fingerprint density at radius 2 is 1.60 bits per heavy atom. The van der Waals surface area contributed by atoms with Crippen molar-refractivity contribution in [1.82, 2.24) is 30.2 Å². The highest BCUT2D eigenvalue weighted by atomic mass is 16.2. The van der Waals surface area contributed by atoms with Crippen molar-refractivity contribution in [1.29, 1.82) is 0 Å². The molecule has 2 atom stereocenters. The Bertz CT molecular complexity index is 1350. The van der Waals surface area contributed by atoms with Crippen LogP contribution in [0.2, 0.25) is 0 Å². The number of benzene rings is 2. The topological polar surface area (TPSA) is 95.1 Å². The van der Waals surface area contributed by atoms with Crippen LogP contribution in [0.5, 0.6) is 0 Å². The lowest BCUT2D eigenvalue weighted by Gasteiger charge is -2.22. The van der Waals surface area contributed by atoms with E-state index in [1.807, 2.05) is 34.1 Å². The zero-order valence-corrected chi connectivity index (χ0v) is 19.3. The fourth-order valence-corrected chi connectivity index (χ4v) is 5.30. The molecule has 2 aromatic heterocycles. The van der Waals surface area contributed by atoms with E-state index in [0.717, 1.165) is 41.8 Å². The number of fused-ring (bicyclic) bond motifs is 2. The van der Waals surface area contributed by atoms with E-state index in [1.54, 1.807) is 18.3 Å². The van der Waals surface area contributed by atoms with Gasteiger partial charge in [0, 0.05) is 61.8 Å². The lowest BCUT2D eigenvalue weighted by Crippen LogP contribution is -2.35. The van der Waals surface area contributed by atoms with Gasteiger partial charge in [0.25, 0.3) is 5.91 Å². The Balaban J connectivity index is 1.01. The first kappa shape index (κ1) is 21.5. The summed E-state index contributed by atoms with van der Waals surface area (Å²) >= 11 is 0. The molecular formula is C27H26N6O2. The van der Waals surface area contributed by atoms with Gasteiger partial charge in [0.2, 0.25) is 5.91 Å². The molecule has 0 saturated carbocycles. The van der Waals surface area contributed by atoms with Gasteiger partial charge in [0.05, 0.1) is 5.69 Å². The Kier molecular flexibility index (Phi) is 5.48. The fourth-order valence-electron chi connectivity index (χ4n) is 5.30. The van der Waals surface area contributed by atoms with E-state index in [4.69, 9.17) is 0 Å². The van der Waals surface area contributed by atoms with Crippen LogP contribution in [0.15, 0.2) is 66.9 Å². The first-order valence-electron chi connectivity index (χ1n) is 12.0. The summed E-state index contributed by atoms with van der Waals surface area (Å²) in [6.45, 7) is 2.85. The van der Waals surface area contributed by atoms with Gasteiger partial charge in [-0.3, -0.25) is 14.6 Å². The van der Waals surface area contributed by atoms with Crippen LogP contribution in [-0.2, 0) is 11.2 Å². The molecule has 35 heavy (non-hydrogen) atoms. The number of nitrogens with zero attached hydrogens (tertiary/aromatic N) is 5. The number of H-pyrrole nitrogens is 1. The third-order valence-corrected chi connectivity index (χ3v) is 7.23. The summed E-state index contributed by atoms with van der Waals surface area (Å²) in [5.41, 5.74) is 5.25. The maximum atomic E-state index is 13.0. The minimum Gasteiger partial charge on any atom is -0.342 e.